The SMILES string of the molecule is Oc1ccc2cc3n(c2c1)CC(O)C3. The Bertz CT molecular complexity index is 501. The zero-order valence-electron chi connectivity index (χ0n) is 7.64. The number of aromatic nitrogens is 1. The monoisotopic (exact) mass is 189 g/mol. The van der Waals surface area contributed by atoms with Crippen LogP contribution in [0.3, 0.4) is 0 Å². The Morgan fingerprint density at radius 2 is 2.14 bits per heavy atom. The molecule has 1 aliphatic heterocycles. The van der Waals surface area contributed by atoms with Crippen molar-refractivity contribution < 1.29 is 10.2 Å². The van der Waals surface area contributed by atoms with Crippen molar-refractivity contribution in [1.82, 2.24) is 4.57 Å². The Morgan fingerprint density at radius 1 is 1.29 bits per heavy atom. The van der Waals surface area contributed by atoms with Crippen molar-refractivity contribution in [1.29, 1.82) is 0 Å². The van der Waals surface area contributed by atoms with Crippen molar-refractivity contribution >= 4 is 10.9 Å². The second kappa shape index (κ2) is 2.51. The Kier molecular flexibility index (Phi) is 1.42. The molecule has 3 nitrogen and oxygen atoms in total. The number of hydrogen-bond acceptors (Lipinski definition) is 2. The van der Waals surface area contributed by atoms with Crippen LogP contribution in [-0.4, -0.2) is 20.9 Å². The molecule has 0 spiro atoms. The molecule has 0 amide bonds. The first-order valence-corrected chi connectivity index (χ1v) is 4.73. The maximum atomic E-state index is 9.48. The Balaban J connectivity index is 2.30. The van der Waals surface area contributed by atoms with Crippen molar-refractivity contribution in [2.24, 2.45) is 0 Å². The number of hydrogen-bond donors (Lipinski definition) is 2. The van der Waals surface area contributed by atoms with Gasteiger partial charge in [0, 0.05) is 30.1 Å². The van der Waals surface area contributed by atoms with Gasteiger partial charge in [-0.05, 0) is 18.2 Å². The van der Waals surface area contributed by atoms with Crippen LogP contribution in [0.1, 0.15) is 5.69 Å². The summed E-state index contributed by atoms with van der Waals surface area (Å²) < 4.78 is 2.07. The lowest BCUT2D eigenvalue weighted by molar-refractivity contribution is 0.176. The van der Waals surface area contributed by atoms with Crippen molar-refractivity contribution in [3.63, 3.8) is 0 Å². The standard InChI is InChI=1S/C11H11NO2/c13-9-2-1-7-3-8-4-10(14)6-12(8)11(7)5-9/h1-3,5,10,13-14H,4,6H2. The highest BCUT2D eigenvalue weighted by Crippen LogP contribution is 2.28. The zero-order chi connectivity index (χ0) is 9.71. The Morgan fingerprint density at radius 3 is 3.00 bits per heavy atom. The van der Waals surface area contributed by atoms with E-state index in [2.05, 4.69) is 10.6 Å². The molecule has 0 fully saturated rings. The Hall–Kier alpha value is -1.48. The van der Waals surface area contributed by atoms with E-state index in [1.54, 1.807) is 12.1 Å². The average molecular weight is 189 g/mol. The van der Waals surface area contributed by atoms with Gasteiger partial charge in [-0.15, -0.1) is 0 Å². The molecule has 0 bridgehead atoms. The Labute approximate surface area is 81.2 Å². The molecule has 1 unspecified atom stereocenters. The van der Waals surface area contributed by atoms with Gasteiger partial charge in [0.25, 0.3) is 0 Å². The number of aromatic hydroxyl groups is 1. The molecular formula is C11H11NO2. The molecule has 0 radical (unpaired) electrons. The second-order valence-electron chi connectivity index (χ2n) is 3.85. The van der Waals surface area contributed by atoms with E-state index in [0.717, 1.165) is 23.0 Å². The van der Waals surface area contributed by atoms with Crippen molar-refractivity contribution in [2.45, 2.75) is 19.1 Å². The van der Waals surface area contributed by atoms with E-state index in [9.17, 15) is 10.2 Å². The number of rotatable bonds is 0. The first-order chi connectivity index (χ1) is 6.74. The lowest BCUT2D eigenvalue weighted by Crippen LogP contribution is -2.06. The minimum Gasteiger partial charge on any atom is -0.508 e. The highest BCUT2D eigenvalue weighted by Gasteiger charge is 2.21. The third kappa shape index (κ3) is 0.960. The molecule has 3 rings (SSSR count). The fourth-order valence-electron chi connectivity index (χ4n) is 2.20. The lowest BCUT2D eigenvalue weighted by atomic mass is 10.2. The van der Waals surface area contributed by atoms with Gasteiger partial charge in [0.1, 0.15) is 5.75 Å². The molecule has 0 aliphatic carbocycles. The normalized spacial score (nSPS) is 20.2. The fourth-order valence-corrected chi connectivity index (χ4v) is 2.20. The van der Waals surface area contributed by atoms with Gasteiger partial charge in [-0.25, -0.2) is 0 Å². The molecule has 14 heavy (non-hydrogen) atoms. The molecule has 1 atom stereocenters. The third-order valence-corrected chi connectivity index (χ3v) is 2.81. The van der Waals surface area contributed by atoms with Gasteiger partial charge in [0.2, 0.25) is 0 Å². The predicted octanol–water partition coefficient (Wildman–Crippen LogP) is 1.26. The smallest absolute Gasteiger partial charge is 0.117 e. The summed E-state index contributed by atoms with van der Waals surface area (Å²) in [4.78, 5) is 0. The average Bonchev–Trinajstić information content (AvgIpc) is 2.62. The summed E-state index contributed by atoms with van der Waals surface area (Å²) in [5, 5.41) is 20.0. The number of aliphatic hydroxyl groups excluding tert-OH is 1. The molecule has 2 heterocycles. The van der Waals surface area contributed by atoms with Gasteiger partial charge in [-0.1, -0.05) is 0 Å². The quantitative estimate of drug-likeness (QED) is 0.655. The summed E-state index contributed by atoms with van der Waals surface area (Å²) in [6.45, 7) is 0.641. The fraction of sp³-hybridized carbons (Fsp3) is 0.273. The number of nitrogens with zero attached hydrogens (tertiary/aromatic N) is 1. The molecule has 0 saturated carbocycles. The summed E-state index contributed by atoms with van der Waals surface area (Å²) in [5.74, 6) is 0.278. The summed E-state index contributed by atoms with van der Waals surface area (Å²) in [6.07, 6.45) is 0.451. The second-order valence-corrected chi connectivity index (χ2v) is 3.85. The highest BCUT2D eigenvalue weighted by molar-refractivity contribution is 5.83. The lowest BCUT2D eigenvalue weighted by Gasteiger charge is -2.02. The van der Waals surface area contributed by atoms with E-state index in [1.165, 1.54) is 0 Å². The molecular weight excluding hydrogens is 178 g/mol. The summed E-state index contributed by atoms with van der Waals surface area (Å²) in [7, 11) is 0. The van der Waals surface area contributed by atoms with Crippen LogP contribution in [0.15, 0.2) is 24.3 Å². The molecule has 1 aliphatic rings. The largest absolute Gasteiger partial charge is 0.508 e. The first kappa shape index (κ1) is 7.88. The van der Waals surface area contributed by atoms with E-state index in [-0.39, 0.29) is 11.9 Å². The first-order valence-electron chi connectivity index (χ1n) is 4.73. The summed E-state index contributed by atoms with van der Waals surface area (Å²) in [5.41, 5.74) is 2.16. The number of phenolic OH excluding ortho intramolecular Hbond substituents is 1. The van der Waals surface area contributed by atoms with Gasteiger partial charge >= 0.3 is 0 Å². The van der Waals surface area contributed by atoms with Gasteiger partial charge in [-0.3, -0.25) is 0 Å². The molecule has 2 aromatic rings. The number of fused-ring (bicyclic) bond motifs is 3. The van der Waals surface area contributed by atoms with Crippen LogP contribution < -0.4 is 0 Å². The van der Waals surface area contributed by atoms with Crippen molar-refractivity contribution in [3.8, 4) is 5.75 Å². The maximum Gasteiger partial charge on any atom is 0.117 e. The van der Waals surface area contributed by atoms with Crippen LogP contribution in [0, 0.1) is 0 Å². The van der Waals surface area contributed by atoms with Crippen LogP contribution in [0.5, 0.6) is 5.75 Å². The molecule has 0 saturated heterocycles. The minimum atomic E-state index is -0.267. The third-order valence-electron chi connectivity index (χ3n) is 2.81. The van der Waals surface area contributed by atoms with Crippen LogP contribution in [0.4, 0.5) is 0 Å². The maximum absolute atomic E-state index is 9.48. The minimum absolute atomic E-state index is 0.267. The van der Waals surface area contributed by atoms with Crippen LogP contribution in [-0.2, 0) is 13.0 Å². The highest BCUT2D eigenvalue weighted by atomic mass is 16.3. The summed E-state index contributed by atoms with van der Waals surface area (Å²) in [6, 6.07) is 7.42. The predicted molar refractivity (Wildman–Crippen MR) is 53.3 cm³/mol. The van der Waals surface area contributed by atoms with E-state index in [1.807, 2.05) is 6.07 Å². The number of benzene rings is 1. The van der Waals surface area contributed by atoms with Crippen LogP contribution in [0.2, 0.25) is 0 Å². The van der Waals surface area contributed by atoms with Crippen LogP contribution >= 0.6 is 0 Å². The van der Waals surface area contributed by atoms with E-state index in [4.69, 9.17) is 0 Å². The zero-order valence-corrected chi connectivity index (χ0v) is 7.64. The van der Waals surface area contributed by atoms with E-state index < -0.39 is 0 Å². The van der Waals surface area contributed by atoms with Gasteiger partial charge in [0.05, 0.1) is 11.6 Å². The van der Waals surface area contributed by atoms with E-state index >= 15 is 0 Å². The van der Waals surface area contributed by atoms with Gasteiger partial charge in [0.15, 0.2) is 0 Å². The molecule has 2 N–H and O–H groups in total. The molecule has 1 aromatic carbocycles. The van der Waals surface area contributed by atoms with Crippen molar-refractivity contribution in [2.75, 3.05) is 0 Å². The topological polar surface area (TPSA) is 45.4 Å². The van der Waals surface area contributed by atoms with Gasteiger partial charge in [-0.2, -0.15) is 0 Å². The summed E-state index contributed by atoms with van der Waals surface area (Å²) >= 11 is 0. The van der Waals surface area contributed by atoms with Crippen molar-refractivity contribution in [3.05, 3.63) is 30.0 Å². The molecule has 3 heteroatoms. The van der Waals surface area contributed by atoms with Crippen LogP contribution in [0.25, 0.3) is 10.9 Å². The molecule has 1 aromatic heterocycles. The van der Waals surface area contributed by atoms with Gasteiger partial charge < -0.3 is 14.8 Å². The number of aliphatic hydroxyl groups is 1. The molecule has 72 valence electrons. The number of phenols is 1. The van der Waals surface area contributed by atoms with E-state index in [0.29, 0.717) is 6.54 Å².